The number of likely N-dealkylation sites (N-methyl/N-ethyl adjacent to an activating group) is 1. The minimum Gasteiger partial charge on any atom is -0.351 e. The lowest BCUT2D eigenvalue weighted by atomic mass is 10.0. The third kappa shape index (κ3) is 5.90. The first-order chi connectivity index (χ1) is 14.4. The Labute approximate surface area is 179 Å². The van der Waals surface area contributed by atoms with Crippen LogP contribution in [0.2, 0.25) is 0 Å². The molecule has 1 aliphatic rings. The van der Waals surface area contributed by atoms with Crippen LogP contribution in [0.1, 0.15) is 35.7 Å². The predicted octanol–water partition coefficient (Wildman–Crippen LogP) is 2.97. The number of amides is 1. The first-order valence-electron chi connectivity index (χ1n) is 10.5. The molecule has 0 atom stereocenters. The van der Waals surface area contributed by atoms with Crippen LogP contribution in [0.25, 0.3) is 0 Å². The molecular weight excluding hydrogens is 398 g/mol. The summed E-state index contributed by atoms with van der Waals surface area (Å²) in [6.45, 7) is 5.33. The number of nitrogens with one attached hydrogen (secondary N) is 1. The van der Waals surface area contributed by atoms with E-state index in [0.717, 1.165) is 25.9 Å². The summed E-state index contributed by atoms with van der Waals surface area (Å²) < 4.78 is 27.1. The van der Waals surface area contributed by atoms with E-state index in [9.17, 15) is 13.2 Å². The zero-order chi connectivity index (χ0) is 21.6. The fourth-order valence-corrected chi connectivity index (χ4v) is 5.06. The van der Waals surface area contributed by atoms with Crippen molar-refractivity contribution in [1.29, 1.82) is 0 Å². The topological polar surface area (TPSA) is 69.7 Å². The summed E-state index contributed by atoms with van der Waals surface area (Å²) in [5, 5.41) is 2.90. The third-order valence-corrected chi connectivity index (χ3v) is 7.48. The van der Waals surface area contributed by atoms with Gasteiger partial charge in [-0.1, -0.05) is 37.3 Å². The molecule has 7 heteroatoms. The van der Waals surface area contributed by atoms with Crippen molar-refractivity contribution in [3.63, 3.8) is 0 Å². The number of carbonyl (C=O) groups is 1. The minimum absolute atomic E-state index is 0.196. The lowest BCUT2D eigenvalue weighted by Gasteiger charge is -2.29. The Kier molecular flexibility index (Phi) is 7.64. The molecule has 0 saturated carbocycles. The molecule has 3 rings (SSSR count). The van der Waals surface area contributed by atoms with Gasteiger partial charge in [0.15, 0.2) is 0 Å². The van der Waals surface area contributed by atoms with E-state index in [1.807, 2.05) is 25.2 Å². The molecule has 0 aromatic heterocycles. The number of rotatable bonds is 8. The molecule has 1 N–H and O–H groups in total. The van der Waals surface area contributed by atoms with Crippen molar-refractivity contribution in [2.24, 2.45) is 5.92 Å². The van der Waals surface area contributed by atoms with Crippen molar-refractivity contribution < 1.29 is 13.2 Å². The van der Waals surface area contributed by atoms with Crippen molar-refractivity contribution >= 4 is 15.9 Å². The average Bonchev–Trinajstić information content (AvgIpc) is 2.75. The largest absolute Gasteiger partial charge is 0.351 e. The number of nitrogens with zero attached hydrogens (tertiary/aromatic N) is 2. The maximum atomic E-state index is 12.8. The Morgan fingerprint density at radius 1 is 1.07 bits per heavy atom. The van der Waals surface area contributed by atoms with Crippen LogP contribution in [0.15, 0.2) is 59.5 Å². The van der Waals surface area contributed by atoms with Crippen molar-refractivity contribution in [3.8, 4) is 0 Å². The van der Waals surface area contributed by atoms with Gasteiger partial charge in [-0.3, -0.25) is 4.79 Å². The Balaban J connectivity index is 1.50. The summed E-state index contributed by atoms with van der Waals surface area (Å²) in [6.07, 6.45) is 1.77. The van der Waals surface area contributed by atoms with Gasteiger partial charge in [-0.25, -0.2) is 8.42 Å². The van der Waals surface area contributed by atoms with E-state index in [2.05, 4.69) is 29.3 Å². The van der Waals surface area contributed by atoms with Gasteiger partial charge in [-0.05, 0) is 55.6 Å². The van der Waals surface area contributed by atoms with E-state index in [4.69, 9.17) is 0 Å². The second kappa shape index (κ2) is 10.2. The number of carbonyl (C=O) groups excluding carboxylic acids is 1. The van der Waals surface area contributed by atoms with Gasteiger partial charge in [-0.15, -0.1) is 0 Å². The average molecular weight is 430 g/mol. The van der Waals surface area contributed by atoms with Gasteiger partial charge in [-0.2, -0.15) is 4.31 Å². The monoisotopic (exact) mass is 429 g/mol. The van der Waals surface area contributed by atoms with E-state index in [1.165, 1.54) is 17.7 Å². The lowest BCUT2D eigenvalue weighted by molar-refractivity contribution is 0.0949. The van der Waals surface area contributed by atoms with Gasteiger partial charge in [0.25, 0.3) is 5.91 Å². The summed E-state index contributed by atoms with van der Waals surface area (Å²) in [5.41, 5.74) is 1.69. The highest BCUT2D eigenvalue weighted by atomic mass is 32.2. The van der Waals surface area contributed by atoms with E-state index >= 15 is 0 Å². The zero-order valence-corrected chi connectivity index (χ0v) is 18.6. The Hall–Kier alpha value is -2.22. The second-order valence-corrected chi connectivity index (χ2v) is 10.0. The van der Waals surface area contributed by atoms with Crippen LogP contribution >= 0.6 is 0 Å². The van der Waals surface area contributed by atoms with Crippen molar-refractivity contribution in [1.82, 2.24) is 14.5 Å². The van der Waals surface area contributed by atoms with Crippen molar-refractivity contribution in [2.75, 3.05) is 33.2 Å². The predicted molar refractivity (Wildman–Crippen MR) is 119 cm³/mol. The van der Waals surface area contributed by atoms with Crippen LogP contribution in [0.3, 0.4) is 0 Å². The molecule has 0 spiro atoms. The molecule has 1 heterocycles. The highest BCUT2D eigenvalue weighted by Gasteiger charge is 2.28. The number of hydrogen-bond donors (Lipinski definition) is 1. The summed E-state index contributed by atoms with van der Waals surface area (Å²) >= 11 is 0. The Morgan fingerprint density at radius 3 is 2.33 bits per heavy atom. The van der Waals surface area contributed by atoms with Gasteiger partial charge in [0.1, 0.15) is 0 Å². The van der Waals surface area contributed by atoms with Crippen molar-refractivity contribution in [2.45, 2.75) is 31.2 Å². The quantitative estimate of drug-likeness (QED) is 0.700. The van der Waals surface area contributed by atoms with E-state index in [0.29, 0.717) is 31.1 Å². The van der Waals surface area contributed by atoms with E-state index < -0.39 is 10.0 Å². The van der Waals surface area contributed by atoms with Gasteiger partial charge in [0, 0.05) is 38.3 Å². The number of benzene rings is 2. The second-order valence-electron chi connectivity index (χ2n) is 8.09. The normalized spacial score (nSPS) is 16.0. The molecule has 1 aliphatic heterocycles. The van der Waals surface area contributed by atoms with Gasteiger partial charge >= 0.3 is 0 Å². The third-order valence-electron chi connectivity index (χ3n) is 5.57. The smallest absolute Gasteiger partial charge is 0.251 e. The molecule has 2 aromatic carbocycles. The van der Waals surface area contributed by atoms with Crippen LogP contribution in [-0.4, -0.2) is 56.8 Å². The fraction of sp³-hybridized carbons (Fsp3) is 0.435. The maximum absolute atomic E-state index is 12.8. The molecule has 2 aromatic rings. The molecule has 0 aliphatic carbocycles. The van der Waals surface area contributed by atoms with E-state index in [-0.39, 0.29) is 10.8 Å². The van der Waals surface area contributed by atoms with Gasteiger partial charge < -0.3 is 10.2 Å². The molecule has 1 saturated heterocycles. The summed E-state index contributed by atoms with van der Waals surface area (Å²) in [4.78, 5) is 14.8. The number of hydrogen-bond acceptors (Lipinski definition) is 4. The van der Waals surface area contributed by atoms with Gasteiger partial charge in [0.05, 0.1) is 4.90 Å². The first-order valence-corrected chi connectivity index (χ1v) is 11.9. The fourth-order valence-electron chi connectivity index (χ4n) is 3.59. The SMILES string of the molecule is CC1CCN(S(=O)(=O)c2ccc(C(=O)NCCN(C)Cc3ccccc3)cc2)CC1. The van der Waals surface area contributed by atoms with Crippen LogP contribution in [0.5, 0.6) is 0 Å². The lowest BCUT2D eigenvalue weighted by Crippen LogP contribution is -2.37. The number of piperidine rings is 1. The molecule has 0 unspecified atom stereocenters. The molecular formula is C23H31N3O3S. The first kappa shape index (κ1) is 22.5. The summed E-state index contributed by atoms with van der Waals surface area (Å²) in [7, 11) is -1.48. The van der Waals surface area contributed by atoms with Crippen LogP contribution in [0.4, 0.5) is 0 Å². The molecule has 0 bridgehead atoms. The van der Waals surface area contributed by atoms with E-state index in [1.54, 1.807) is 16.4 Å². The van der Waals surface area contributed by atoms with Crippen LogP contribution in [0, 0.1) is 5.92 Å². The Morgan fingerprint density at radius 2 is 1.70 bits per heavy atom. The minimum atomic E-state index is -3.49. The summed E-state index contributed by atoms with van der Waals surface area (Å²) in [5.74, 6) is 0.369. The molecule has 30 heavy (non-hydrogen) atoms. The van der Waals surface area contributed by atoms with Crippen molar-refractivity contribution in [3.05, 3.63) is 65.7 Å². The maximum Gasteiger partial charge on any atom is 0.251 e. The Bertz CT molecular complexity index is 922. The molecule has 162 valence electrons. The molecule has 0 radical (unpaired) electrons. The van der Waals surface area contributed by atoms with Gasteiger partial charge in [0.2, 0.25) is 10.0 Å². The van der Waals surface area contributed by atoms with Crippen LogP contribution < -0.4 is 5.32 Å². The standard InChI is InChI=1S/C23H31N3O3S/c1-19-12-15-26(16-13-19)30(28,29)22-10-8-21(9-11-22)23(27)24-14-17-25(2)18-20-6-4-3-5-7-20/h3-11,19H,12-18H2,1-2H3,(H,24,27). The molecule has 1 fully saturated rings. The van der Waals surface area contributed by atoms with Crippen LogP contribution in [-0.2, 0) is 16.6 Å². The zero-order valence-electron chi connectivity index (χ0n) is 17.8. The molecule has 6 nitrogen and oxygen atoms in total. The molecule has 1 amide bonds. The highest BCUT2D eigenvalue weighted by molar-refractivity contribution is 7.89. The number of sulfonamides is 1. The highest BCUT2D eigenvalue weighted by Crippen LogP contribution is 2.23. The summed E-state index contributed by atoms with van der Waals surface area (Å²) in [6, 6.07) is 16.4.